The first kappa shape index (κ1) is 28.6. The summed E-state index contributed by atoms with van der Waals surface area (Å²) in [5, 5.41) is 4.15. The summed E-state index contributed by atoms with van der Waals surface area (Å²) in [5.41, 5.74) is -0.468. The molecule has 0 bridgehead atoms. The van der Waals surface area contributed by atoms with Crippen molar-refractivity contribution >= 4 is 34.7 Å². The van der Waals surface area contributed by atoms with Crippen LogP contribution >= 0.6 is 11.8 Å². The van der Waals surface area contributed by atoms with Crippen LogP contribution in [0.4, 0.5) is 0 Å². The van der Waals surface area contributed by atoms with Crippen LogP contribution in [-0.2, 0) is 40.0 Å². The lowest BCUT2D eigenvalue weighted by Crippen LogP contribution is -2.60. The number of esters is 1. The summed E-state index contributed by atoms with van der Waals surface area (Å²) in [6, 6.07) is 8.33. The zero-order valence-corrected chi connectivity index (χ0v) is 20.8. The standard InChI is InChI=1S/C23H34N2O7S/c1-7-32-21(28)18(14-31-13-17-11-9-8-10-12-17)24-22(29)23(4,5)25-20(27)19(15(2)30-6)33-16(3)26/h8-12,15,18-19H,7,13-14H2,1-6H3,(H,24,29)(H,25,27)/t15?,18-,19+/m0/s1. The Hall–Kier alpha value is -2.43. The molecule has 0 aliphatic heterocycles. The Bertz CT molecular complexity index is 801. The van der Waals surface area contributed by atoms with Crippen LogP contribution in [0.15, 0.2) is 30.3 Å². The number of hydrogen-bond donors (Lipinski definition) is 2. The van der Waals surface area contributed by atoms with Gasteiger partial charge in [-0.15, -0.1) is 0 Å². The first-order chi connectivity index (χ1) is 15.5. The lowest BCUT2D eigenvalue weighted by Gasteiger charge is -2.30. The van der Waals surface area contributed by atoms with Crippen LogP contribution in [0.2, 0.25) is 0 Å². The Morgan fingerprint density at radius 1 is 1.12 bits per heavy atom. The van der Waals surface area contributed by atoms with Crippen LogP contribution in [0.25, 0.3) is 0 Å². The molecule has 0 aromatic heterocycles. The summed E-state index contributed by atoms with van der Waals surface area (Å²) in [4.78, 5) is 49.6. The summed E-state index contributed by atoms with van der Waals surface area (Å²) < 4.78 is 15.9. The molecule has 0 saturated heterocycles. The average molecular weight is 483 g/mol. The maximum Gasteiger partial charge on any atom is 0.331 e. The van der Waals surface area contributed by atoms with Crippen LogP contribution in [-0.4, -0.2) is 66.2 Å². The van der Waals surface area contributed by atoms with Crippen molar-refractivity contribution in [1.29, 1.82) is 0 Å². The van der Waals surface area contributed by atoms with Gasteiger partial charge in [0.1, 0.15) is 10.8 Å². The summed E-state index contributed by atoms with van der Waals surface area (Å²) in [5.74, 6) is -1.77. The molecule has 0 aliphatic carbocycles. The monoisotopic (exact) mass is 482 g/mol. The van der Waals surface area contributed by atoms with E-state index in [9.17, 15) is 19.2 Å². The Labute approximate surface area is 199 Å². The number of nitrogens with one attached hydrogen (secondary N) is 2. The van der Waals surface area contributed by atoms with Crippen molar-refractivity contribution < 1.29 is 33.4 Å². The molecule has 0 radical (unpaired) electrons. The fourth-order valence-corrected chi connectivity index (χ4v) is 3.55. The number of benzene rings is 1. The number of hydrogen-bond acceptors (Lipinski definition) is 8. The third-order valence-corrected chi connectivity index (χ3v) is 5.81. The topological polar surface area (TPSA) is 120 Å². The van der Waals surface area contributed by atoms with Crippen LogP contribution < -0.4 is 10.6 Å². The highest BCUT2D eigenvalue weighted by molar-refractivity contribution is 8.14. The predicted octanol–water partition coefficient (Wildman–Crippen LogP) is 1.83. The van der Waals surface area contributed by atoms with Crippen LogP contribution in [0.1, 0.15) is 40.2 Å². The lowest BCUT2D eigenvalue weighted by molar-refractivity contribution is -0.150. The largest absolute Gasteiger partial charge is 0.464 e. The molecule has 2 N–H and O–H groups in total. The number of carbonyl (C=O) groups is 4. The van der Waals surface area contributed by atoms with Crippen molar-refractivity contribution in [2.75, 3.05) is 20.3 Å². The van der Waals surface area contributed by atoms with Crippen molar-refractivity contribution in [3.8, 4) is 0 Å². The molecule has 1 aromatic carbocycles. The first-order valence-corrected chi connectivity index (χ1v) is 11.5. The van der Waals surface area contributed by atoms with Gasteiger partial charge in [0.15, 0.2) is 11.2 Å². The van der Waals surface area contributed by atoms with Gasteiger partial charge < -0.3 is 24.8 Å². The fraction of sp³-hybridized carbons (Fsp3) is 0.565. The molecule has 1 unspecified atom stereocenters. The first-order valence-electron chi connectivity index (χ1n) is 10.6. The van der Waals surface area contributed by atoms with Gasteiger partial charge in [0.25, 0.3) is 0 Å². The van der Waals surface area contributed by atoms with E-state index in [0.29, 0.717) is 0 Å². The van der Waals surface area contributed by atoms with Gasteiger partial charge in [-0.1, -0.05) is 42.1 Å². The van der Waals surface area contributed by atoms with Gasteiger partial charge >= 0.3 is 5.97 Å². The van der Waals surface area contributed by atoms with E-state index in [0.717, 1.165) is 17.3 Å². The summed E-state index contributed by atoms with van der Waals surface area (Å²) >= 11 is 0.825. The molecule has 9 nitrogen and oxygen atoms in total. The molecule has 0 aliphatic rings. The number of ether oxygens (including phenoxy) is 3. The maximum absolute atomic E-state index is 12.9. The molecule has 0 spiro atoms. The van der Waals surface area contributed by atoms with Crippen LogP contribution in [0, 0.1) is 0 Å². The third kappa shape index (κ3) is 9.93. The molecule has 3 atom stereocenters. The molecule has 1 rings (SSSR count). The van der Waals surface area contributed by atoms with Crippen LogP contribution in [0.3, 0.4) is 0 Å². The maximum atomic E-state index is 12.9. The van der Waals surface area contributed by atoms with Crippen molar-refractivity contribution in [2.24, 2.45) is 0 Å². The van der Waals surface area contributed by atoms with Crippen LogP contribution in [0.5, 0.6) is 0 Å². The van der Waals surface area contributed by atoms with E-state index in [-0.39, 0.29) is 24.9 Å². The van der Waals surface area contributed by atoms with Gasteiger partial charge in [0, 0.05) is 14.0 Å². The molecular formula is C23H34N2O7S. The van der Waals surface area contributed by atoms with Crippen molar-refractivity contribution in [1.82, 2.24) is 10.6 Å². The Morgan fingerprint density at radius 2 is 1.76 bits per heavy atom. The van der Waals surface area contributed by atoms with Gasteiger partial charge in [-0.25, -0.2) is 4.79 Å². The fourth-order valence-electron chi connectivity index (χ4n) is 2.72. The van der Waals surface area contributed by atoms with E-state index in [2.05, 4.69) is 10.6 Å². The molecular weight excluding hydrogens is 448 g/mol. The highest BCUT2D eigenvalue weighted by Crippen LogP contribution is 2.19. The summed E-state index contributed by atoms with van der Waals surface area (Å²) in [7, 11) is 1.43. The van der Waals surface area contributed by atoms with Gasteiger partial charge in [0.05, 0.1) is 25.9 Å². The average Bonchev–Trinajstić information content (AvgIpc) is 2.76. The molecule has 2 amide bonds. The van der Waals surface area contributed by atoms with E-state index in [1.807, 2.05) is 30.3 Å². The quantitative estimate of drug-likeness (QED) is 0.409. The zero-order chi connectivity index (χ0) is 25.0. The smallest absolute Gasteiger partial charge is 0.331 e. The van der Waals surface area contributed by atoms with E-state index >= 15 is 0 Å². The molecule has 0 heterocycles. The molecule has 184 valence electrons. The third-order valence-electron chi connectivity index (χ3n) is 4.63. The molecule has 1 aromatic rings. The molecule has 33 heavy (non-hydrogen) atoms. The van der Waals surface area contributed by atoms with Gasteiger partial charge in [-0.05, 0) is 33.3 Å². The Balaban J connectivity index is 2.84. The number of amides is 2. The summed E-state index contributed by atoms with van der Waals surface area (Å²) in [6.07, 6.45) is -0.559. The highest BCUT2D eigenvalue weighted by Gasteiger charge is 2.37. The number of carbonyl (C=O) groups excluding carboxylic acids is 4. The van der Waals surface area contributed by atoms with E-state index in [4.69, 9.17) is 14.2 Å². The molecule has 0 saturated carbocycles. The van der Waals surface area contributed by atoms with Gasteiger partial charge in [-0.2, -0.15) is 0 Å². The zero-order valence-electron chi connectivity index (χ0n) is 20.0. The lowest BCUT2D eigenvalue weighted by atomic mass is 10.0. The Kier molecular flexibility index (Phi) is 12.1. The van der Waals surface area contributed by atoms with Crippen molar-refractivity contribution in [2.45, 2.75) is 64.2 Å². The van der Waals surface area contributed by atoms with E-state index < -0.39 is 40.7 Å². The highest BCUT2D eigenvalue weighted by atomic mass is 32.2. The predicted molar refractivity (Wildman–Crippen MR) is 125 cm³/mol. The van der Waals surface area contributed by atoms with Gasteiger partial charge in [-0.3, -0.25) is 14.4 Å². The van der Waals surface area contributed by atoms with Crippen molar-refractivity contribution in [3.05, 3.63) is 35.9 Å². The van der Waals surface area contributed by atoms with E-state index in [1.54, 1.807) is 13.8 Å². The van der Waals surface area contributed by atoms with E-state index in [1.165, 1.54) is 27.9 Å². The number of thioether (sulfide) groups is 1. The normalized spacial score (nSPS) is 14.0. The Morgan fingerprint density at radius 3 is 2.30 bits per heavy atom. The number of rotatable bonds is 13. The molecule has 10 heteroatoms. The second-order valence-electron chi connectivity index (χ2n) is 7.86. The second kappa shape index (κ2) is 14.0. The SMILES string of the molecule is CCOC(=O)[C@H](COCc1ccccc1)NC(=O)C(C)(C)NC(=O)[C@H](SC(C)=O)C(C)OC. The minimum atomic E-state index is -1.38. The van der Waals surface area contributed by atoms with Crippen molar-refractivity contribution in [3.63, 3.8) is 0 Å². The molecule has 0 fully saturated rings. The second-order valence-corrected chi connectivity index (χ2v) is 9.18. The summed E-state index contributed by atoms with van der Waals surface area (Å²) in [6.45, 7) is 7.97. The number of methoxy groups -OCH3 is 1. The minimum Gasteiger partial charge on any atom is -0.464 e. The van der Waals surface area contributed by atoms with Gasteiger partial charge in [0.2, 0.25) is 11.8 Å². The minimum absolute atomic E-state index is 0.104.